The summed E-state index contributed by atoms with van der Waals surface area (Å²) in [6, 6.07) is 0.484. The van der Waals surface area contributed by atoms with Crippen LogP contribution in [-0.4, -0.2) is 67.2 Å². The van der Waals surface area contributed by atoms with Gasteiger partial charge in [-0.15, -0.1) is 0 Å². The van der Waals surface area contributed by atoms with Gasteiger partial charge in [0.15, 0.2) is 0 Å². The quantitative estimate of drug-likeness (QED) is 0.806. The van der Waals surface area contributed by atoms with E-state index in [-0.39, 0.29) is 12.5 Å². The zero-order valence-corrected chi connectivity index (χ0v) is 12.2. The van der Waals surface area contributed by atoms with Crippen molar-refractivity contribution in [3.63, 3.8) is 0 Å². The van der Waals surface area contributed by atoms with Crippen molar-refractivity contribution in [1.82, 2.24) is 15.1 Å². The van der Waals surface area contributed by atoms with Gasteiger partial charge in [-0.25, -0.2) is 0 Å². The van der Waals surface area contributed by atoms with E-state index < -0.39 is 12.7 Å². The Morgan fingerprint density at radius 1 is 1.25 bits per heavy atom. The molecule has 118 valence electrons. The fourth-order valence-electron chi connectivity index (χ4n) is 2.64. The Hall–Kier alpha value is -0.820. The third kappa shape index (κ3) is 5.66. The predicted octanol–water partition coefficient (Wildman–Crippen LogP) is 1.47. The number of nitrogens with one attached hydrogen (secondary N) is 1. The van der Waals surface area contributed by atoms with Crippen molar-refractivity contribution in [3.05, 3.63) is 0 Å². The first-order chi connectivity index (χ1) is 9.37. The molecule has 0 aromatic heterocycles. The maximum absolute atomic E-state index is 12.0. The van der Waals surface area contributed by atoms with Crippen LogP contribution in [0, 0.1) is 0 Å². The molecule has 20 heavy (non-hydrogen) atoms. The van der Waals surface area contributed by atoms with Crippen LogP contribution >= 0.6 is 0 Å². The van der Waals surface area contributed by atoms with Crippen LogP contribution in [0.5, 0.6) is 0 Å². The minimum atomic E-state index is -4.27. The smallest absolute Gasteiger partial charge is 0.341 e. The van der Waals surface area contributed by atoms with E-state index in [0.29, 0.717) is 19.1 Å². The highest BCUT2D eigenvalue weighted by molar-refractivity contribution is 5.78. The molecule has 1 saturated heterocycles. The molecule has 1 aliphatic rings. The number of hydrogen-bond donors (Lipinski definition) is 1. The van der Waals surface area contributed by atoms with Crippen molar-refractivity contribution in [2.24, 2.45) is 0 Å². The second kappa shape index (κ2) is 7.83. The van der Waals surface area contributed by atoms with Crippen LogP contribution in [0.3, 0.4) is 0 Å². The van der Waals surface area contributed by atoms with Gasteiger partial charge in [-0.2, -0.15) is 13.2 Å². The first-order valence-electron chi connectivity index (χ1n) is 7.16. The summed E-state index contributed by atoms with van der Waals surface area (Å²) in [4.78, 5) is 15.8. The Morgan fingerprint density at radius 2 is 1.80 bits per heavy atom. The lowest BCUT2D eigenvalue weighted by atomic mass is 10.0. The van der Waals surface area contributed by atoms with E-state index in [1.807, 2.05) is 0 Å². The normalized spacial score (nSPS) is 17.8. The molecule has 0 saturated carbocycles. The van der Waals surface area contributed by atoms with Gasteiger partial charge in [0.25, 0.3) is 0 Å². The van der Waals surface area contributed by atoms with E-state index in [1.54, 1.807) is 4.90 Å². The molecule has 0 aromatic rings. The monoisotopic (exact) mass is 295 g/mol. The van der Waals surface area contributed by atoms with Gasteiger partial charge in [-0.1, -0.05) is 13.8 Å². The summed E-state index contributed by atoms with van der Waals surface area (Å²) in [6.07, 6.45) is -2.48. The highest BCUT2D eigenvalue weighted by Gasteiger charge is 2.28. The molecule has 0 atom stereocenters. The van der Waals surface area contributed by atoms with Crippen LogP contribution in [0.15, 0.2) is 0 Å². The highest BCUT2D eigenvalue weighted by Crippen LogP contribution is 2.16. The predicted molar refractivity (Wildman–Crippen MR) is 71.4 cm³/mol. The van der Waals surface area contributed by atoms with Crippen LogP contribution in [0.4, 0.5) is 13.2 Å². The third-order valence-electron chi connectivity index (χ3n) is 3.75. The Bertz CT molecular complexity index is 298. The first-order valence-corrected chi connectivity index (χ1v) is 7.16. The average Bonchev–Trinajstić information content (AvgIpc) is 2.39. The van der Waals surface area contributed by atoms with E-state index in [4.69, 9.17) is 0 Å². The van der Waals surface area contributed by atoms with Crippen LogP contribution in [0.25, 0.3) is 0 Å². The Morgan fingerprint density at radius 3 is 2.25 bits per heavy atom. The van der Waals surface area contributed by atoms with Crippen LogP contribution in [0.1, 0.15) is 26.7 Å². The summed E-state index contributed by atoms with van der Waals surface area (Å²) in [5.74, 6) is -0.243. The summed E-state index contributed by atoms with van der Waals surface area (Å²) >= 11 is 0. The van der Waals surface area contributed by atoms with Crippen LogP contribution in [0.2, 0.25) is 0 Å². The molecule has 1 fully saturated rings. The van der Waals surface area contributed by atoms with E-state index in [9.17, 15) is 18.0 Å². The van der Waals surface area contributed by atoms with Crippen molar-refractivity contribution in [1.29, 1.82) is 0 Å². The molecule has 1 aliphatic heterocycles. The molecule has 4 nitrogen and oxygen atoms in total. The number of likely N-dealkylation sites (tertiary alicyclic amines) is 1. The number of hydrogen-bond acceptors (Lipinski definition) is 3. The van der Waals surface area contributed by atoms with Gasteiger partial charge < -0.3 is 15.1 Å². The van der Waals surface area contributed by atoms with E-state index in [1.165, 1.54) is 0 Å². The van der Waals surface area contributed by atoms with Crippen molar-refractivity contribution >= 4 is 5.91 Å². The van der Waals surface area contributed by atoms with Crippen molar-refractivity contribution < 1.29 is 18.0 Å². The standard InChI is InChI=1S/C13H24F3N3O/c1-3-18(4-2)11-5-7-19(8-6-11)12(20)9-17-10-13(14,15)16/h11,17H,3-10H2,1-2H3. The SMILES string of the molecule is CCN(CC)C1CCN(C(=O)CNCC(F)(F)F)CC1. The minimum Gasteiger partial charge on any atom is -0.341 e. The summed E-state index contributed by atoms with van der Waals surface area (Å²) in [6.45, 7) is 6.11. The number of carbonyl (C=O) groups is 1. The maximum Gasteiger partial charge on any atom is 0.401 e. The maximum atomic E-state index is 12.0. The average molecular weight is 295 g/mol. The lowest BCUT2D eigenvalue weighted by Gasteiger charge is -2.37. The fourth-order valence-corrected chi connectivity index (χ4v) is 2.64. The molecule has 0 radical (unpaired) electrons. The van der Waals surface area contributed by atoms with Crippen molar-refractivity contribution in [2.75, 3.05) is 39.3 Å². The minimum absolute atomic E-state index is 0.241. The van der Waals surface area contributed by atoms with Crippen molar-refractivity contribution in [2.45, 2.75) is 38.9 Å². The van der Waals surface area contributed by atoms with Gasteiger partial charge in [-0.3, -0.25) is 4.79 Å². The fraction of sp³-hybridized carbons (Fsp3) is 0.923. The number of piperidine rings is 1. The van der Waals surface area contributed by atoms with Crippen LogP contribution in [-0.2, 0) is 4.79 Å². The third-order valence-corrected chi connectivity index (χ3v) is 3.75. The molecule has 1 N–H and O–H groups in total. The topological polar surface area (TPSA) is 35.6 Å². The number of rotatable bonds is 6. The molecular weight excluding hydrogens is 271 g/mol. The molecule has 7 heteroatoms. The molecule has 0 aliphatic carbocycles. The molecule has 0 unspecified atom stereocenters. The summed E-state index contributed by atoms with van der Waals surface area (Å²) < 4.78 is 35.9. The molecule has 0 bridgehead atoms. The number of nitrogens with zero attached hydrogens (tertiary/aromatic N) is 2. The van der Waals surface area contributed by atoms with Gasteiger partial charge >= 0.3 is 6.18 Å². The lowest BCUT2D eigenvalue weighted by molar-refractivity contribution is -0.135. The number of halogens is 3. The lowest BCUT2D eigenvalue weighted by Crippen LogP contribution is -2.49. The zero-order chi connectivity index (χ0) is 15.2. The molecule has 1 heterocycles. The number of alkyl halides is 3. The van der Waals surface area contributed by atoms with Gasteiger partial charge in [-0.05, 0) is 25.9 Å². The van der Waals surface area contributed by atoms with Gasteiger partial charge in [0, 0.05) is 19.1 Å². The number of amides is 1. The van der Waals surface area contributed by atoms with Gasteiger partial charge in [0.05, 0.1) is 13.1 Å². The van der Waals surface area contributed by atoms with E-state index in [2.05, 4.69) is 24.1 Å². The second-order valence-electron chi connectivity index (χ2n) is 5.05. The summed E-state index contributed by atoms with van der Waals surface area (Å²) in [5, 5.41) is 2.15. The molecule has 0 aromatic carbocycles. The summed E-state index contributed by atoms with van der Waals surface area (Å²) in [7, 11) is 0. The highest BCUT2D eigenvalue weighted by atomic mass is 19.4. The van der Waals surface area contributed by atoms with Crippen LogP contribution < -0.4 is 5.32 Å². The second-order valence-corrected chi connectivity index (χ2v) is 5.05. The Labute approximate surface area is 118 Å². The van der Waals surface area contributed by atoms with Crippen molar-refractivity contribution in [3.8, 4) is 0 Å². The number of carbonyl (C=O) groups excluding carboxylic acids is 1. The Kier molecular flexibility index (Phi) is 6.75. The first kappa shape index (κ1) is 17.2. The Balaban J connectivity index is 2.28. The molecular formula is C13H24F3N3O. The largest absolute Gasteiger partial charge is 0.401 e. The zero-order valence-electron chi connectivity index (χ0n) is 12.2. The van der Waals surface area contributed by atoms with Gasteiger partial charge in [0.2, 0.25) is 5.91 Å². The molecule has 1 amide bonds. The van der Waals surface area contributed by atoms with E-state index in [0.717, 1.165) is 25.9 Å². The summed E-state index contributed by atoms with van der Waals surface area (Å²) in [5.41, 5.74) is 0. The molecule has 0 spiro atoms. The molecule has 1 rings (SSSR count). The van der Waals surface area contributed by atoms with Gasteiger partial charge in [0.1, 0.15) is 0 Å². The van der Waals surface area contributed by atoms with E-state index >= 15 is 0 Å².